The molecule has 1 atom stereocenters. The number of thiocarbonyl (C=S) groups is 1. The lowest BCUT2D eigenvalue weighted by Gasteiger charge is -2.20. The van der Waals surface area contributed by atoms with E-state index in [0.717, 1.165) is 23.4 Å². The second-order valence-electron chi connectivity index (χ2n) is 6.59. The quantitative estimate of drug-likeness (QED) is 0.668. The highest BCUT2D eigenvalue weighted by Gasteiger charge is 2.13. The number of hydrogen-bond donors (Lipinski definition) is 2. The Kier molecular flexibility index (Phi) is 7.21. The van der Waals surface area contributed by atoms with E-state index in [-0.39, 0.29) is 12.1 Å². The molecule has 0 fully saturated rings. The van der Waals surface area contributed by atoms with Crippen LogP contribution < -0.4 is 15.4 Å². The number of nitrogens with one attached hydrogen (secondary N) is 2. The number of benzene rings is 2. The fourth-order valence-electron chi connectivity index (χ4n) is 2.58. The Hall–Kier alpha value is -2.12. The molecule has 146 valence electrons. The number of anilines is 1. The maximum Gasteiger partial charge on any atom is 0.175 e. The number of ether oxygens (including phenoxy) is 1. The van der Waals surface area contributed by atoms with Crippen molar-refractivity contribution in [1.82, 2.24) is 5.32 Å². The molecular weight excluding hydrogens is 380 g/mol. The fourth-order valence-corrected chi connectivity index (χ4v) is 3.47. The molecule has 5 nitrogen and oxygen atoms in total. The van der Waals surface area contributed by atoms with E-state index in [9.17, 15) is 8.42 Å². The fraction of sp³-hybridized carbons (Fsp3) is 0.350. The van der Waals surface area contributed by atoms with Crippen LogP contribution in [0.25, 0.3) is 0 Å². The monoisotopic (exact) mass is 406 g/mol. The summed E-state index contributed by atoms with van der Waals surface area (Å²) in [7, 11) is -3.20. The van der Waals surface area contributed by atoms with Crippen LogP contribution in [0.2, 0.25) is 0 Å². The molecule has 2 aromatic rings. The van der Waals surface area contributed by atoms with Crippen molar-refractivity contribution in [2.45, 2.75) is 44.2 Å². The number of hydrogen-bond acceptors (Lipinski definition) is 4. The van der Waals surface area contributed by atoms with Crippen molar-refractivity contribution in [2.24, 2.45) is 0 Å². The molecule has 0 bridgehead atoms. The van der Waals surface area contributed by atoms with Gasteiger partial charge in [-0.25, -0.2) is 8.42 Å². The van der Waals surface area contributed by atoms with Crippen LogP contribution >= 0.6 is 12.2 Å². The molecule has 0 aliphatic carbocycles. The molecular formula is C20H26N2O3S2. The van der Waals surface area contributed by atoms with Crippen molar-refractivity contribution >= 4 is 32.9 Å². The highest BCUT2D eigenvalue weighted by molar-refractivity contribution is 7.90. The summed E-state index contributed by atoms with van der Waals surface area (Å²) in [5.74, 6) is 0.812. The van der Waals surface area contributed by atoms with E-state index in [1.165, 1.54) is 6.26 Å². The molecule has 0 aliphatic rings. The zero-order chi connectivity index (χ0) is 20.0. The lowest BCUT2D eigenvalue weighted by atomic mass is 10.1. The zero-order valence-corrected chi connectivity index (χ0v) is 17.7. The molecule has 2 aromatic carbocycles. The summed E-state index contributed by atoms with van der Waals surface area (Å²) in [4.78, 5) is 0.311. The summed E-state index contributed by atoms with van der Waals surface area (Å²) in [6.45, 7) is 6.01. The van der Waals surface area contributed by atoms with Gasteiger partial charge in [0.15, 0.2) is 14.9 Å². The first-order chi connectivity index (χ1) is 12.7. The topological polar surface area (TPSA) is 67.4 Å². The minimum absolute atomic E-state index is 0.0119. The van der Waals surface area contributed by atoms with Gasteiger partial charge in [0.25, 0.3) is 0 Å². The third-order valence-electron chi connectivity index (χ3n) is 3.91. The lowest BCUT2D eigenvalue weighted by Crippen LogP contribution is -2.32. The van der Waals surface area contributed by atoms with Crippen molar-refractivity contribution in [1.29, 1.82) is 0 Å². The van der Waals surface area contributed by atoms with E-state index in [1.54, 1.807) is 12.1 Å². The van der Waals surface area contributed by atoms with E-state index in [2.05, 4.69) is 10.6 Å². The van der Waals surface area contributed by atoms with Crippen molar-refractivity contribution in [3.63, 3.8) is 0 Å². The van der Waals surface area contributed by atoms with Gasteiger partial charge in [-0.05, 0) is 74.4 Å². The van der Waals surface area contributed by atoms with Crippen LogP contribution in [0.15, 0.2) is 53.4 Å². The van der Waals surface area contributed by atoms with Gasteiger partial charge in [0.1, 0.15) is 5.75 Å². The number of sulfone groups is 1. The molecule has 0 saturated carbocycles. The molecule has 0 spiro atoms. The molecule has 0 aromatic heterocycles. The van der Waals surface area contributed by atoms with E-state index < -0.39 is 9.84 Å². The third-order valence-corrected chi connectivity index (χ3v) is 5.26. The van der Waals surface area contributed by atoms with Gasteiger partial charge in [-0.15, -0.1) is 0 Å². The smallest absolute Gasteiger partial charge is 0.175 e. The molecule has 0 amide bonds. The molecule has 0 unspecified atom stereocenters. The SMILES string of the molecule is CC[C@@H](NC(=S)Nc1ccc(OC(C)C)cc1)c1ccc(S(C)(=O)=O)cc1. The minimum atomic E-state index is -3.20. The highest BCUT2D eigenvalue weighted by Crippen LogP contribution is 2.20. The van der Waals surface area contributed by atoms with Gasteiger partial charge in [-0.1, -0.05) is 19.1 Å². The maximum absolute atomic E-state index is 11.6. The Balaban J connectivity index is 2.00. The van der Waals surface area contributed by atoms with Crippen molar-refractivity contribution in [3.8, 4) is 5.75 Å². The van der Waals surface area contributed by atoms with Gasteiger partial charge in [0, 0.05) is 11.9 Å². The van der Waals surface area contributed by atoms with Crippen LogP contribution in [0.5, 0.6) is 5.75 Å². The van der Waals surface area contributed by atoms with Crippen molar-refractivity contribution in [2.75, 3.05) is 11.6 Å². The third kappa shape index (κ3) is 6.52. The van der Waals surface area contributed by atoms with Gasteiger partial charge < -0.3 is 15.4 Å². The second-order valence-corrected chi connectivity index (χ2v) is 9.02. The summed E-state index contributed by atoms with van der Waals surface area (Å²) >= 11 is 5.42. The van der Waals surface area contributed by atoms with Crippen LogP contribution in [0.1, 0.15) is 38.8 Å². The Bertz CT molecular complexity index is 861. The van der Waals surface area contributed by atoms with Gasteiger partial charge in [-0.2, -0.15) is 0 Å². The van der Waals surface area contributed by atoms with Crippen molar-refractivity contribution < 1.29 is 13.2 Å². The van der Waals surface area contributed by atoms with Crippen LogP contribution in [-0.2, 0) is 9.84 Å². The van der Waals surface area contributed by atoms with Gasteiger partial charge in [-0.3, -0.25) is 0 Å². The summed E-state index contributed by atoms with van der Waals surface area (Å²) in [5.41, 5.74) is 1.85. The normalized spacial score (nSPS) is 12.5. The molecule has 0 radical (unpaired) electrons. The van der Waals surface area contributed by atoms with Gasteiger partial charge in [0.2, 0.25) is 0 Å². The lowest BCUT2D eigenvalue weighted by molar-refractivity contribution is 0.242. The van der Waals surface area contributed by atoms with E-state index in [1.807, 2.05) is 57.2 Å². The van der Waals surface area contributed by atoms with Crippen LogP contribution in [0, 0.1) is 0 Å². The molecule has 0 heterocycles. The molecule has 2 rings (SSSR count). The molecule has 0 aliphatic heterocycles. The summed E-state index contributed by atoms with van der Waals surface area (Å²) in [5, 5.41) is 6.94. The summed E-state index contributed by atoms with van der Waals surface area (Å²) in [6, 6.07) is 14.5. The highest BCUT2D eigenvalue weighted by atomic mass is 32.2. The molecule has 27 heavy (non-hydrogen) atoms. The summed E-state index contributed by atoms with van der Waals surface area (Å²) in [6.07, 6.45) is 2.14. The molecule has 0 saturated heterocycles. The van der Waals surface area contributed by atoms with Crippen molar-refractivity contribution in [3.05, 3.63) is 54.1 Å². The Labute approximate surface area is 167 Å². The van der Waals surface area contributed by atoms with E-state index >= 15 is 0 Å². The minimum Gasteiger partial charge on any atom is -0.491 e. The van der Waals surface area contributed by atoms with E-state index in [0.29, 0.717) is 10.0 Å². The molecule has 2 N–H and O–H groups in total. The molecule has 7 heteroatoms. The average molecular weight is 407 g/mol. The summed E-state index contributed by atoms with van der Waals surface area (Å²) < 4.78 is 28.8. The predicted molar refractivity (Wildman–Crippen MR) is 114 cm³/mol. The second kappa shape index (κ2) is 9.19. The van der Waals surface area contributed by atoms with Crippen LogP contribution in [0.4, 0.5) is 5.69 Å². The first kappa shape index (κ1) is 21.2. The first-order valence-electron chi connectivity index (χ1n) is 8.83. The van der Waals surface area contributed by atoms with Gasteiger partial charge >= 0.3 is 0 Å². The van der Waals surface area contributed by atoms with Crippen LogP contribution in [0.3, 0.4) is 0 Å². The number of rotatable bonds is 7. The zero-order valence-electron chi connectivity index (χ0n) is 16.0. The van der Waals surface area contributed by atoms with Crippen LogP contribution in [-0.4, -0.2) is 25.9 Å². The maximum atomic E-state index is 11.6. The first-order valence-corrected chi connectivity index (χ1v) is 11.1. The predicted octanol–water partition coefficient (Wildman–Crippen LogP) is 4.32. The Morgan fingerprint density at radius 3 is 2.15 bits per heavy atom. The van der Waals surface area contributed by atoms with E-state index in [4.69, 9.17) is 17.0 Å². The average Bonchev–Trinajstić information content (AvgIpc) is 2.60. The van der Waals surface area contributed by atoms with Gasteiger partial charge in [0.05, 0.1) is 17.0 Å². The Morgan fingerprint density at radius 1 is 1.07 bits per heavy atom. The standard InChI is InChI=1S/C20H26N2O3S2/c1-5-19(15-6-12-18(13-7-15)27(4,23)24)22-20(26)21-16-8-10-17(11-9-16)25-14(2)3/h6-14,19H,5H2,1-4H3,(H2,21,22,26)/t19-/m1/s1. The Morgan fingerprint density at radius 2 is 1.67 bits per heavy atom. The largest absolute Gasteiger partial charge is 0.491 e.